The number of nitrogens with zero attached hydrogens (tertiary/aromatic N) is 2. The van der Waals surface area contributed by atoms with E-state index in [1.165, 1.54) is 0 Å². The van der Waals surface area contributed by atoms with Gasteiger partial charge in [-0.05, 0) is 45.3 Å². The molecule has 1 saturated heterocycles. The summed E-state index contributed by atoms with van der Waals surface area (Å²) in [5, 5.41) is 12.7. The number of amides is 1. The third-order valence-corrected chi connectivity index (χ3v) is 6.00. The summed E-state index contributed by atoms with van der Waals surface area (Å²) in [7, 11) is 3.37. The fourth-order valence-corrected chi connectivity index (χ4v) is 3.96. The molecule has 0 bridgehead atoms. The Labute approximate surface area is 166 Å². The number of nitrogens with one attached hydrogen (secondary N) is 1. The van der Waals surface area contributed by atoms with Crippen LogP contribution in [-0.2, 0) is 19.0 Å². The summed E-state index contributed by atoms with van der Waals surface area (Å²) in [6, 6.07) is 2.13. The van der Waals surface area contributed by atoms with E-state index in [2.05, 4.69) is 23.2 Å². The lowest BCUT2D eigenvalue weighted by Gasteiger charge is -2.46. The fraction of sp³-hybridized carbons (Fsp3) is 0.619. The molecule has 7 nitrogen and oxygen atoms in total. The van der Waals surface area contributed by atoms with Crippen LogP contribution in [-0.4, -0.2) is 62.5 Å². The average Bonchev–Trinajstić information content (AvgIpc) is 2.68. The fourth-order valence-electron chi connectivity index (χ4n) is 3.96. The van der Waals surface area contributed by atoms with Gasteiger partial charge in [-0.1, -0.05) is 0 Å². The van der Waals surface area contributed by atoms with Crippen LogP contribution < -0.4 is 5.32 Å². The van der Waals surface area contributed by atoms with Crippen molar-refractivity contribution in [2.45, 2.75) is 44.2 Å². The van der Waals surface area contributed by atoms with E-state index in [0.29, 0.717) is 19.6 Å². The first kappa shape index (κ1) is 20.4. The number of hydrogen-bond donors (Lipinski definition) is 1. The predicted octanol–water partition coefficient (Wildman–Crippen LogP) is 2.03. The van der Waals surface area contributed by atoms with E-state index < -0.39 is 5.54 Å². The van der Waals surface area contributed by atoms with Crippen LogP contribution in [0, 0.1) is 11.3 Å². The quantitative estimate of drug-likeness (QED) is 0.702. The van der Waals surface area contributed by atoms with Gasteiger partial charge in [0, 0.05) is 32.9 Å². The van der Waals surface area contributed by atoms with Crippen LogP contribution in [0.15, 0.2) is 34.8 Å². The molecular formula is C21H29N3O4. The van der Waals surface area contributed by atoms with Crippen LogP contribution in [0.2, 0.25) is 0 Å². The van der Waals surface area contributed by atoms with E-state index in [-0.39, 0.29) is 17.1 Å². The molecule has 0 spiro atoms. The number of likely N-dealkylation sites (tertiary alicyclic amines) is 1. The van der Waals surface area contributed by atoms with E-state index in [0.717, 1.165) is 43.0 Å². The SMILES string of the molecule is COCCOC1=CCC2(C)NC(=O)C(C#N)=C(N3CCC(C)(OC)CC3)C2=C1. The van der Waals surface area contributed by atoms with Gasteiger partial charge in [-0.2, -0.15) is 5.26 Å². The highest BCUT2D eigenvalue weighted by molar-refractivity contribution is 6.01. The second-order valence-corrected chi connectivity index (χ2v) is 7.97. The van der Waals surface area contributed by atoms with Crippen molar-refractivity contribution in [1.29, 1.82) is 5.26 Å². The summed E-state index contributed by atoms with van der Waals surface area (Å²) < 4.78 is 16.5. The normalized spacial score (nSPS) is 26.7. The molecule has 0 radical (unpaired) electrons. The topological polar surface area (TPSA) is 83.8 Å². The van der Waals surface area contributed by atoms with Gasteiger partial charge in [0.25, 0.3) is 5.91 Å². The second-order valence-electron chi connectivity index (χ2n) is 7.97. The summed E-state index contributed by atoms with van der Waals surface area (Å²) >= 11 is 0. The van der Waals surface area contributed by atoms with Gasteiger partial charge in [0.05, 0.1) is 23.4 Å². The van der Waals surface area contributed by atoms with Crippen LogP contribution >= 0.6 is 0 Å². The van der Waals surface area contributed by atoms with Crippen molar-refractivity contribution < 1.29 is 19.0 Å². The Morgan fingerprint density at radius 1 is 1.25 bits per heavy atom. The molecule has 2 aliphatic heterocycles. The Kier molecular flexibility index (Phi) is 5.82. The van der Waals surface area contributed by atoms with E-state index in [4.69, 9.17) is 14.2 Å². The van der Waals surface area contributed by atoms with Crippen molar-refractivity contribution in [3.05, 3.63) is 34.8 Å². The molecule has 152 valence electrons. The molecule has 1 N–H and O–H groups in total. The maximum Gasteiger partial charge on any atom is 0.264 e. The standard InChI is InChI=1S/C21H29N3O4/c1-20(27-4)7-9-24(10-8-20)18-16(14-22)19(25)23-21(2)6-5-15(13-17(18)21)28-12-11-26-3/h5,13H,6-12H2,1-4H3,(H,23,25). The molecule has 1 fully saturated rings. The zero-order valence-electron chi connectivity index (χ0n) is 17.1. The van der Waals surface area contributed by atoms with Crippen molar-refractivity contribution in [3.8, 4) is 6.07 Å². The van der Waals surface area contributed by atoms with E-state index in [1.807, 2.05) is 19.1 Å². The molecule has 3 rings (SSSR count). The van der Waals surface area contributed by atoms with Gasteiger partial charge in [-0.25, -0.2) is 0 Å². The Morgan fingerprint density at radius 3 is 2.57 bits per heavy atom. The van der Waals surface area contributed by atoms with Gasteiger partial charge < -0.3 is 24.4 Å². The van der Waals surface area contributed by atoms with Crippen molar-refractivity contribution in [2.75, 3.05) is 40.5 Å². The van der Waals surface area contributed by atoms with Crippen LogP contribution in [0.5, 0.6) is 0 Å². The van der Waals surface area contributed by atoms with E-state index in [9.17, 15) is 10.1 Å². The molecule has 0 aromatic rings. The molecule has 7 heteroatoms. The van der Waals surface area contributed by atoms with Crippen LogP contribution in [0.3, 0.4) is 0 Å². The zero-order chi connectivity index (χ0) is 20.4. The van der Waals surface area contributed by atoms with Gasteiger partial charge in [0.1, 0.15) is 24.0 Å². The number of carbonyl (C=O) groups excluding carboxylic acids is 1. The number of carbonyl (C=O) groups is 1. The smallest absolute Gasteiger partial charge is 0.264 e. The molecule has 1 aliphatic carbocycles. The molecule has 2 heterocycles. The minimum absolute atomic E-state index is 0.167. The molecule has 1 amide bonds. The Bertz CT molecular complexity index is 769. The molecule has 1 atom stereocenters. The van der Waals surface area contributed by atoms with E-state index in [1.54, 1.807) is 14.2 Å². The third-order valence-electron chi connectivity index (χ3n) is 6.00. The highest BCUT2D eigenvalue weighted by Crippen LogP contribution is 2.41. The van der Waals surface area contributed by atoms with Gasteiger partial charge in [-0.15, -0.1) is 0 Å². The van der Waals surface area contributed by atoms with Crippen molar-refractivity contribution in [1.82, 2.24) is 10.2 Å². The van der Waals surface area contributed by atoms with Gasteiger partial charge >= 0.3 is 0 Å². The van der Waals surface area contributed by atoms with Crippen molar-refractivity contribution in [3.63, 3.8) is 0 Å². The first-order valence-electron chi connectivity index (χ1n) is 9.67. The first-order chi connectivity index (χ1) is 13.4. The van der Waals surface area contributed by atoms with E-state index >= 15 is 0 Å². The van der Waals surface area contributed by atoms with Crippen LogP contribution in [0.25, 0.3) is 0 Å². The minimum Gasteiger partial charge on any atom is -0.492 e. The summed E-state index contributed by atoms with van der Waals surface area (Å²) in [6.45, 7) is 6.52. The number of fused-ring (bicyclic) bond motifs is 1. The Hall–Kier alpha value is -2.30. The Morgan fingerprint density at radius 2 is 1.96 bits per heavy atom. The average molecular weight is 387 g/mol. The third kappa shape index (κ3) is 3.80. The summed E-state index contributed by atoms with van der Waals surface area (Å²) in [5.41, 5.74) is 1.11. The first-order valence-corrected chi connectivity index (χ1v) is 9.67. The summed E-state index contributed by atoms with van der Waals surface area (Å²) in [5.74, 6) is 0.434. The zero-order valence-corrected chi connectivity index (χ0v) is 17.1. The number of methoxy groups -OCH3 is 2. The van der Waals surface area contributed by atoms with Crippen LogP contribution in [0.1, 0.15) is 33.1 Å². The van der Waals surface area contributed by atoms with Crippen LogP contribution in [0.4, 0.5) is 0 Å². The molecular weight excluding hydrogens is 358 g/mol. The second kappa shape index (κ2) is 7.98. The molecule has 28 heavy (non-hydrogen) atoms. The lowest BCUT2D eigenvalue weighted by Crippen LogP contribution is -2.55. The minimum atomic E-state index is -0.553. The number of allylic oxidation sites excluding steroid dienone is 1. The molecule has 0 aromatic heterocycles. The van der Waals surface area contributed by atoms with Crippen molar-refractivity contribution >= 4 is 5.91 Å². The number of piperidine rings is 1. The number of ether oxygens (including phenoxy) is 3. The van der Waals surface area contributed by atoms with Crippen molar-refractivity contribution in [2.24, 2.45) is 0 Å². The number of nitriles is 1. The van der Waals surface area contributed by atoms with Gasteiger partial charge in [-0.3, -0.25) is 4.79 Å². The largest absolute Gasteiger partial charge is 0.492 e. The molecule has 1 unspecified atom stereocenters. The monoisotopic (exact) mass is 387 g/mol. The van der Waals surface area contributed by atoms with Gasteiger partial charge in [0.2, 0.25) is 0 Å². The highest BCUT2D eigenvalue weighted by atomic mass is 16.5. The highest BCUT2D eigenvalue weighted by Gasteiger charge is 2.44. The summed E-state index contributed by atoms with van der Waals surface area (Å²) in [6.07, 6.45) is 6.22. The number of hydrogen-bond acceptors (Lipinski definition) is 6. The maximum absolute atomic E-state index is 12.7. The maximum atomic E-state index is 12.7. The molecule has 0 saturated carbocycles. The van der Waals surface area contributed by atoms with Gasteiger partial charge in [0.15, 0.2) is 0 Å². The summed E-state index contributed by atoms with van der Waals surface area (Å²) in [4.78, 5) is 14.8. The lowest BCUT2D eigenvalue weighted by atomic mass is 9.77. The molecule has 3 aliphatic rings. The lowest BCUT2D eigenvalue weighted by molar-refractivity contribution is -0.119. The molecule has 0 aromatic carbocycles. The number of rotatable bonds is 6. The Balaban J connectivity index is 1.95. The predicted molar refractivity (Wildman–Crippen MR) is 104 cm³/mol.